The van der Waals surface area contributed by atoms with Gasteiger partial charge in [-0.25, -0.2) is 0 Å². The van der Waals surface area contributed by atoms with Crippen LogP contribution < -0.4 is 5.73 Å². The second kappa shape index (κ2) is 6.21. The second-order valence-electron chi connectivity index (χ2n) is 5.51. The van der Waals surface area contributed by atoms with Crippen molar-refractivity contribution in [2.75, 3.05) is 6.61 Å². The van der Waals surface area contributed by atoms with Crippen LogP contribution in [0.25, 0.3) is 0 Å². The molecule has 0 aliphatic carbocycles. The summed E-state index contributed by atoms with van der Waals surface area (Å²) in [5.74, 6) is 0.296. The Kier molecular flexibility index (Phi) is 4.14. The van der Waals surface area contributed by atoms with Crippen molar-refractivity contribution in [3.8, 4) is 0 Å². The van der Waals surface area contributed by atoms with Gasteiger partial charge in [0.25, 0.3) is 0 Å². The molecule has 2 N–H and O–H groups in total. The largest absolute Gasteiger partial charge is 0.376 e. The van der Waals surface area contributed by atoms with E-state index in [0.717, 1.165) is 12.8 Å². The molecule has 2 aromatic carbocycles. The molecule has 2 heteroatoms. The third kappa shape index (κ3) is 2.92. The molecule has 0 spiro atoms. The summed E-state index contributed by atoms with van der Waals surface area (Å²) in [6, 6.07) is 21.5. The molecule has 0 aromatic heterocycles. The molecule has 1 heterocycles. The lowest BCUT2D eigenvalue weighted by Crippen LogP contribution is -2.38. The van der Waals surface area contributed by atoms with Crippen LogP contribution in [0.1, 0.15) is 29.9 Å². The Morgan fingerprint density at radius 2 is 1.40 bits per heavy atom. The highest BCUT2D eigenvalue weighted by atomic mass is 16.5. The topological polar surface area (TPSA) is 35.2 Å². The molecule has 2 atom stereocenters. The molecule has 2 aromatic rings. The van der Waals surface area contributed by atoms with Crippen molar-refractivity contribution in [3.63, 3.8) is 0 Å². The molecule has 1 fully saturated rings. The number of hydrogen-bond donors (Lipinski definition) is 1. The van der Waals surface area contributed by atoms with Crippen molar-refractivity contribution >= 4 is 0 Å². The Labute approximate surface area is 120 Å². The first-order valence-corrected chi connectivity index (χ1v) is 7.31. The third-order valence-electron chi connectivity index (χ3n) is 4.04. The lowest BCUT2D eigenvalue weighted by Gasteiger charge is -2.33. The Balaban J connectivity index is 1.92. The zero-order valence-electron chi connectivity index (χ0n) is 11.6. The van der Waals surface area contributed by atoms with E-state index in [0.29, 0.717) is 12.5 Å². The molecule has 3 rings (SSSR count). The minimum atomic E-state index is 0.193. The average Bonchev–Trinajstić information content (AvgIpc) is 2.52. The predicted octanol–water partition coefficient (Wildman–Crippen LogP) is 3.32. The van der Waals surface area contributed by atoms with Gasteiger partial charge in [0.1, 0.15) is 0 Å². The highest BCUT2D eigenvalue weighted by Crippen LogP contribution is 2.33. The number of benzene rings is 2. The summed E-state index contributed by atoms with van der Waals surface area (Å²) >= 11 is 0. The quantitative estimate of drug-likeness (QED) is 0.926. The van der Waals surface area contributed by atoms with Gasteiger partial charge in [0.15, 0.2) is 0 Å². The van der Waals surface area contributed by atoms with E-state index in [-0.39, 0.29) is 12.1 Å². The SMILES string of the molecule is NC1CC[C@@H](C(c2ccccc2)c2ccccc2)OC1. The van der Waals surface area contributed by atoms with Gasteiger partial charge in [0.2, 0.25) is 0 Å². The third-order valence-corrected chi connectivity index (χ3v) is 4.04. The molecule has 0 radical (unpaired) electrons. The van der Waals surface area contributed by atoms with Crippen LogP contribution in [0.15, 0.2) is 60.7 Å². The first-order chi connectivity index (χ1) is 9.84. The molecular weight excluding hydrogens is 246 g/mol. The smallest absolute Gasteiger partial charge is 0.0685 e. The maximum absolute atomic E-state index is 6.04. The second-order valence-corrected chi connectivity index (χ2v) is 5.51. The van der Waals surface area contributed by atoms with Gasteiger partial charge in [-0.15, -0.1) is 0 Å². The van der Waals surface area contributed by atoms with Gasteiger partial charge in [-0.2, -0.15) is 0 Å². The summed E-state index contributed by atoms with van der Waals surface area (Å²) < 4.78 is 6.04. The van der Waals surface area contributed by atoms with E-state index in [1.54, 1.807) is 0 Å². The summed E-state index contributed by atoms with van der Waals surface area (Å²) in [4.78, 5) is 0. The van der Waals surface area contributed by atoms with Crippen LogP contribution in [-0.4, -0.2) is 18.8 Å². The zero-order valence-corrected chi connectivity index (χ0v) is 11.6. The van der Waals surface area contributed by atoms with Crippen molar-refractivity contribution in [2.24, 2.45) is 5.73 Å². The lowest BCUT2D eigenvalue weighted by molar-refractivity contribution is -0.00374. The summed E-state index contributed by atoms with van der Waals surface area (Å²) in [5.41, 5.74) is 8.59. The number of rotatable bonds is 3. The van der Waals surface area contributed by atoms with E-state index in [1.165, 1.54) is 11.1 Å². The minimum Gasteiger partial charge on any atom is -0.376 e. The minimum absolute atomic E-state index is 0.193. The molecule has 1 aliphatic heterocycles. The fourth-order valence-electron chi connectivity index (χ4n) is 3.00. The van der Waals surface area contributed by atoms with Crippen LogP contribution in [0, 0.1) is 0 Å². The van der Waals surface area contributed by atoms with E-state index in [9.17, 15) is 0 Å². The average molecular weight is 267 g/mol. The molecule has 2 nitrogen and oxygen atoms in total. The molecule has 104 valence electrons. The van der Waals surface area contributed by atoms with Gasteiger partial charge in [-0.3, -0.25) is 0 Å². The van der Waals surface area contributed by atoms with Crippen LogP contribution in [0.3, 0.4) is 0 Å². The Bertz CT molecular complexity index is 478. The maximum atomic E-state index is 6.04. The molecule has 20 heavy (non-hydrogen) atoms. The Hall–Kier alpha value is -1.64. The fourth-order valence-corrected chi connectivity index (χ4v) is 3.00. The number of hydrogen-bond acceptors (Lipinski definition) is 2. The van der Waals surface area contributed by atoms with Crippen molar-refractivity contribution in [1.29, 1.82) is 0 Å². The zero-order chi connectivity index (χ0) is 13.8. The summed E-state index contributed by atoms with van der Waals surface area (Å²) in [6.07, 6.45) is 2.29. The van der Waals surface area contributed by atoms with Crippen LogP contribution in [-0.2, 0) is 4.74 Å². The van der Waals surface area contributed by atoms with Gasteiger partial charge < -0.3 is 10.5 Å². The highest BCUT2D eigenvalue weighted by Gasteiger charge is 2.29. The van der Waals surface area contributed by atoms with Crippen LogP contribution in [0.5, 0.6) is 0 Å². The van der Waals surface area contributed by atoms with Crippen LogP contribution >= 0.6 is 0 Å². The van der Waals surface area contributed by atoms with Gasteiger partial charge in [0, 0.05) is 12.0 Å². The van der Waals surface area contributed by atoms with Gasteiger partial charge >= 0.3 is 0 Å². The van der Waals surface area contributed by atoms with Crippen LogP contribution in [0.2, 0.25) is 0 Å². The first-order valence-electron chi connectivity index (χ1n) is 7.31. The lowest BCUT2D eigenvalue weighted by atomic mass is 9.83. The Morgan fingerprint density at radius 3 is 1.85 bits per heavy atom. The van der Waals surface area contributed by atoms with E-state index >= 15 is 0 Å². The van der Waals surface area contributed by atoms with Crippen molar-refractivity contribution in [1.82, 2.24) is 0 Å². The molecule has 1 aliphatic rings. The van der Waals surface area contributed by atoms with Crippen molar-refractivity contribution in [3.05, 3.63) is 71.8 Å². The molecule has 0 bridgehead atoms. The fraction of sp³-hybridized carbons (Fsp3) is 0.333. The van der Waals surface area contributed by atoms with E-state index < -0.39 is 0 Å². The first kappa shape index (κ1) is 13.3. The van der Waals surface area contributed by atoms with E-state index in [2.05, 4.69) is 60.7 Å². The van der Waals surface area contributed by atoms with Gasteiger partial charge in [0.05, 0.1) is 12.7 Å². The van der Waals surface area contributed by atoms with Crippen molar-refractivity contribution in [2.45, 2.75) is 30.9 Å². The van der Waals surface area contributed by atoms with Gasteiger partial charge in [-0.1, -0.05) is 60.7 Å². The number of ether oxygens (including phenoxy) is 1. The molecule has 0 amide bonds. The van der Waals surface area contributed by atoms with Crippen LogP contribution in [0.4, 0.5) is 0 Å². The summed E-state index contributed by atoms with van der Waals surface area (Å²) in [6.45, 7) is 0.667. The monoisotopic (exact) mass is 267 g/mol. The number of nitrogens with two attached hydrogens (primary N) is 1. The normalized spacial score (nSPS) is 22.9. The summed E-state index contributed by atoms with van der Waals surface area (Å²) in [7, 11) is 0. The Morgan fingerprint density at radius 1 is 0.850 bits per heavy atom. The van der Waals surface area contributed by atoms with E-state index in [4.69, 9.17) is 10.5 Å². The van der Waals surface area contributed by atoms with E-state index in [1.807, 2.05) is 0 Å². The molecular formula is C18H21NO. The van der Waals surface area contributed by atoms with Crippen molar-refractivity contribution < 1.29 is 4.74 Å². The molecule has 1 saturated heterocycles. The van der Waals surface area contributed by atoms with Gasteiger partial charge in [-0.05, 0) is 24.0 Å². The maximum Gasteiger partial charge on any atom is 0.0685 e. The molecule has 1 unspecified atom stereocenters. The molecule has 0 saturated carbocycles. The summed E-state index contributed by atoms with van der Waals surface area (Å²) in [5, 5.41) is 0. The highest BCUT2D eigenvalue weighted by molar-refractivity contribution is 5.34. The predicted molar refractivity (Wildman–Crippen MR) is 81.7 cm³/mol. The standard InChI is InChI=1S/C18H21NO/c19-16-11-12-17(20-13-16)18(14-7-3-1-4-8-14)15-9-5-2-6-10-15/h1-10,16-18H,11-13,19H2/t16?,17-/m0/s1.